The number of ether oxygens (including phenoxy) is 1. The van der Waals surface area contributed by atoms with Gasteiger partial charge in [-0.2, -0.15) is 18.3 Å². The summed E-state index contributed by atoms with van der Waals surface area (Å²) in [7, 11) is 1.45. The second kappa shape index (κ2) is 6.89. The number of hydrogen-bond acceptors (Lipinski definition) is 5. The van der Waals surface area contributed by atoms with Crippen molar-refractivity contribution in [2.24, 2.45) is 0 Å². The molecule has 0 aliphatic carbocycles. The van der Waals surface area contributed by atoms with Gasteiger partial charge in [0.1, 0.15) is 23.5 Å². The molecule has 0 atom stereocenters. The van der Waals surface area contributed by atoms with E-state index in [0.29, 0.717) is 5.56 Å². The topological polar surface area (TPSA) is 93.0 Å². The fourth-order valence-electron chi connectivity index (χ4n) is 2.59. The van der Waals surface area contributed by atoms with Crippen molar-refractivity contribution in [1.29, 1.82) is 0 Å². The first-order valence-corrected chi connectivity index (χ1v) is 7.58. The summed E-state index contributed by atoms with van der Waals surface area (Å²) in [6, 6.07) is 4.62. The van der Waals surface area contributed by atoms with Gasteiger partial charge in [-0.25, -0.2) is 9.67 Å². The predicted octanol–water partition coefficient (Wildman–Crippen LogP) is 1.83. The van der Waals surface area contributed by atoms with Gasteiger partial charge in [-0.1, -0.05) is 12.1 Å². The molecule has 0 aliphatic rings. The van der Waals surface area contributed by atoms with Crippen LogP contribution in [0.15, 0.2) is 29.1 Å². The van der Waals surface area contributed by atoms with Crippen molar-refractivity contribution in [3.8, 4) is 0 Å². The molecule has 2 heterocycles. The maximum atomic E-state index is 12.7. The third kappa shape index (κ3) is 3.46. The van der Waals surface area contributed by atoms with Gasteiger partial charge in [-0.15, -0.1) is 0 Å². The predicted molar refractivity (Wildman–Crippen MR) is 85.3 cm³/mol. The highest BCUT2D eigenvalue weighted by Crippen LogP contribution is 2.29. The summed E-state index contributed by atoms with van der Waals surface area (Å²) >= 11 is 0. The molecule has 0 unspecified atom stereocenters. The van der Waals surface area contributed by atoms with Crippen molar-refractivity contribution in [2.45, 2.75) is 25.9 Å². The average molecular weight is 368 g/mol. The van der Waals surface area contributed by atoms with Crippen LogP contribution in [-0.4, -0.2) is 32.0 Å². The monoisotopic (exact) mass is 368 g/mol. The molecule has 0 amide bonds. The third-order valence-corrected chi connectivity index (χ3v) is 3.77. The van der Waals surface area contributed by atoms with Crippen molar-refractivity contribution >= 4 is 11.0 Å². The lowest BCUT2D eigenvalue weighted by molar-refractivity contribution is -0.137. The number of nitrogens with zero attached hydrogens (tertiary/aromatic N) is 3. The molecule has 0 saturated heterocycles. The van der Waals surface area contributed by atoms with E-state index in [4.69, 9.17) is 4.74 Å². The van der Waals surface area contributed by atoms with E-state index in [1.807, 2.05) is 0 Å². The van der Waals surface area contributed by atoms with Crippen molar-refractivity contribution in [2.75, 3.05) is 7.11 Å². The number of aliphatic hydroxyl groups excluding tert-OH is 1. The third-order valence-electron chi connectivity index (χ3n) is 3.77. The van der Waals surface area contributed by atoms with Crippen LogP contribution in [-0.2, 0) is 30.7 Å². The summed E-state index contributed by atoms with van der Waals surface area (Å²) in [5.74, 6) is 0.281. The quantitative estimate of drug-likeness (QED) is 0.717. The molecule has 0 radical (unpaired) electrons. The number of H-pyrrole nitrogens is 1. The number of aromatic amines is 1. The molecule has 0 saturated carbocycles. The summed E-state index contributed by atoms with van der Waals surface area (Å²) in [6.45, 7) is -0.298. The molecule has 138 valence electrons. The van der Waals surface area contributed by atoms with Gasteiger partial charge in [0.2, 0.25) is 0 Å². The molecule has 2 aromatic heterocycles. The van der Waals surface area contributed by atoms with Crippen LogP contribution < -0.4 is 5.56 Å². The normalized spacial score (nSPS) is 12.0. The van der Waals surface area contributed by atoms with Crippen molar-refractivity contribution in [3.63, 3.8) is 0 Å². The van der Waals surface area contributed by atoms with Crippen LogP contribution in [0.25, 0.3) is 11.0 Å². The highest BCUT2D eigenvalue weighted by molar-refractivity contribution is 5.77. The maximum absolute atomic E-state index is 12.7. The second-order valence-corrected chi connectivity index (χ2v) is 5.60. The molecule has 7 nitrogen and oxygen atoms in total. The molecule has 2 N–H and O–H groups in total. The Bertz CT molecular complexity index is 977. The van der Waals surface area contributed by atoms with Crippen molar-refractivity contribution in [3.05, 3.63) is 57.3 Å². The van der Waals surface area contributed by atoms with Crippen LogP contribution >= 0.6 is 0 Å². The van der Waals surface area contributed by atoms with Crippen molar-refractivity contribution in [1.82, 2.24) is 19.7 Å². The zero-order chi connectivity index (χ0) is 18.9. The maximum Gasteiger partial charge on any atom is 0.416 e. The smallest absolute Gasteiger partial charge is 0.390 e. The lowest BCUT2D eigenvalue weighted by Gasteiger charge is -2.08. The molecule has 26 heavy (non-hydrogen) atoms. The molecular formula is C16H15F3N4O3. The molecule has 10 heteroatoms. The number of benzene rings is 1. The number of fused-ring (bicyclic) bond motifs is 1. The highest BCUT2D eigenvalue weighted by atomic mass is 19.4. The zero-order valence-electron chi connectivity index (χ0n) is 13.7. The average Bonchev–Trinajstić information content (AvgIpc) is 2.93. The Hall–Kier alpha value is -2.72. The van der Waals surface area contributed by atoms with Gasteiger partial charge in [0.15, 0.2) is 5.65 Å². The Kier molecular flexibility index (Phi) is 4.79. The van der Waals surface area contributed by atoms with Gasteiger partial charge >= 0.3 is 6.18 Å². The van der Waals surface area contributed by atoms with Crippen LogP contribution in [0.5, 0.6) is 0 Å². The molecule has 0 bridgehead atoms. The Morgan fingerprint density at radius 1 is 1.27 bits per heavy atom. The van der Waals surface area contributed by atoms with E-state index in [0.717, 1.165) is 12.1 Å². The Morgan fingerprint density at radius 2 is 1.96 bits per heavy atom. The van der Waals surface area contributed by atoms with Crippen LogP contribution in [0, 0.1) is 0 Å². The molecule has 0 fully saturated rings. The van der Waals surface area contributed by atoms with Gasteiger partial charge in [-0.3, -0.25) is 4.79 Å². The molecule has 0 aliphatic heterocycles. The number of methoxy groups -OCH3 is 1. The largest absolute Gasteiger partial charge is 0.416 e. The molecule has 1 aromatic carbocycles. The van der Waals surface area contributed by atoms with Crippen LogP contribution in [0.2, 0.25) is 0 Å². The Labute approximate surface area is 145 Å². The minimum atomic E-state index is -4.41. The van der Waals surface area contributed by atoms with E-state index < -0.39 is 23.9 Å². The van der Waals surface area contributed by atoms with Crippen LogP contribution in [0.4, 0.5) is 13.2 Å². The van der Waals surface area contributed by atoms with E-state index in [-0.39, 0.29) is 35.7 Å². The van der Waals surface area contributed by atoms with Crippen LogP contribution in [0.3, 0.4) is 0 Å². The van der Waals surface area contributed by atoms with Gasteiger partial charge in [0, 0.05) is 7.11 Å². The first-order valence-electron chi connectivity index (χ1n) is 7.58. The molecule has 3 aromatic rings. The molecular weight excluding hydrogens is 353 g/mol. The number of rotatable bonds is 5. The summed E-state index contributed by atoms with van der Waals surface area (Å²) < 4.78 is 44.3. The van der Waals surface area contributed by atoms with Crippen LogP contribution in [0.1, 0.15) is 22.6 Å². The van der Waals surface area contributed by atoms with E-state index in [9.17, 15) is 23.1 Å². The summed E-state index contributed by atoms with van der Waals surface area (Å²) in [4.78, 5) is 19.1. The summed E-state index contributed by atoms with van der Waals surface area (Å²) in [6.07, 6.45) is -4.41. The van der Waals surface area contributed by atoms with Gasteiger partial charge in [0.05, 0.1) is 18.7 Å². The summed E-state index contributed by atoms with van der Waals surface area (Å²) in [5, 5.41) is 13.7. The lowest BCUT2D eigenvalue weighted by Crippen LogP contribution is -2.14. The lowest BCUT2D eigenvalue weighted by atomic mass is 10.1. The summed E-state index contributed by atoms with van der Waals surface area (Å²) in [5.41, 5.74) is -0.305. The second-order valence-electron chi connectivity index (χ2n) is 5.60. The number of halogens is 3. The number of hydrogen-bond donors (Lipinski definition) is 2. The van der Waals surface area contributed by atoms with Gasteiger partial charge in [0.25, 0.3) is 5.56 Å². The first-order chi connectivity index (χ1) is 12.3. The minimum absolute atomic E-state index is 0.0745. The molecule has 3 rings (SSSR count). The zero-order valence-corrected chi connectivity index (χ0v) is 13.7. The fraction of sp³-hybridized carbons (Fsp3) is 0.312. The van der Waals surface area contributed by atoms with Crippen molar-refractivity contribution < 1.29 is 23.0 Å². The van der Waals surface area contributed by atoms with E-state index in [1.165, 1.54) is 23.9 Å². The first kappa shape index (κ1) is 18.1. The number of alkyl halides is 3. The highest BCUT2D eigenvalue weighted by Gasteiger charge is 2.30. The van der Waals surface area contributed by atoms with E-state index in [2.05, 4.69) is 15.1 Å². The fourth-order valence-corrected chi connectivity index (χ4v) is 2.59. The van der Waals surface area contributed by atoms with E-state index in [1.54, 1.807) is 0 Å². The number of aromatic nitrogens is 4. The molecule has 0 spiro atoms. The van der Waals surface area contributed by atoms with Gasteiger partial charge < -0.3 is 14.8 Å². The number of nitrogens with one attached hydrogen (secondary N) is 1. The number of aliphatic hydroxyl groups is 1. The standard InChI is InChI=1S/C16H15F3N4O3/c1-26-8-12-20-14-13(15(25)21-12)11(7-24)22-23(14)6-9-2-4-10(5-3-9)16(17,18)19/h2-5,24H,6-8H2,1H3,(H,20,21,25). The van der Waals surface area contributed by atoms with E-state index >= 15 is 0 Å². The minimum Gasteiger partial charge on any atom is -0.390 e. The van der Waals surface area contributed by atoms with Gasteiger partial charge in [-0.05, 0) is 17.7 Å². The Morgan fingerprint density at radius 3 is 2.54 bits per heavy atom. The SMILES string of the molecule is COCc1nc2c(c(CO)nn2Cc2ccc(C(F)(F)F)cc2)c(=O)[nH]1. The Balaban J connectivity index is 2.03.